The molecule has 0 aromatic carbocycles. The Morgan fingerprint density at radius 3 is 1.73 bits per heavy atom. The van der Waals surface area contributed by atoms with Gasteiger partial charge in [-0.1, -0.05) is 53.9 Å². The summed E-state index contributed by atoms with van der Waals surface area (Å²) in [5.74, 6) is 0. The summed E-state index contributed by atoms with van der Waals surface area (Å²) in [6.07, 6.45) is 0.839. The van der Waals surface area contributed by atoms with Crippen molar-refractivity contribution in [2.75, 3.05) is 0 Å². The van der Waals surface area contributed by atoms with Crippen LogP contribution in [0.25, 0.3) is 0 Å². The second-order valence-corrected chi connectivity index (χ2v) is 8.64. The van der Waals surface area contributed by atoms with Crippen molar-refractivity contribution in [3.63, 3.8) is 0 Å². The molecule has 0 atom stereocenters. The van der Waals surface area contributed by atoms with E-state index in [0.717, 1.165) is 6.42 Å². The molecule has 0 spiro atoms. The topological polar surface area (TPSA) is 57.5 Å². The second-order valence-electron chi connectivity index (χ2n) is 1.39. The third-order valence-corrected chi connectivity index (χ3v) is 1.35. The summed E-state index contributed by atoms with van der Waals surface area (Å²) >= 11 is 9.90. The Morgan fingerprint density at radius 1 is 1.45 bits per heavy atom. The highest BCUT2D eigenvalue weighted by molar-refractivity contribution is 9.39. The molecule has 0 unspecified atom stereocenters. The van der Waals surface area contributed by atoms with E-state index < -0.39 is 6.16 Å². The number of hydrogen-bond donors (Lipinski definition) is 2. The van der Waals surface area contributed by atoms with E-state index in [1.807, 2.05) is 6.08 Å². The Kier molecular flexibility index (Phi) is 9.06. The highest BCUT2D eigenvalue weighted by Crippen LogP contribution is 2.36. The van der Waals surface area contributed by atoms with Crippen molar-refractivity contribution in [3.05, 3.63) is 12.7 Å². The fourth-order valence-electron chi connectivity index (χ4n) is 0.164. The van der Waals surface area contributed by atoms with Crippen molar-refractivity contribution in [1.82, 2.24) is 0 Å². The van der Waals surface area contributed by atoms with E-state index in [0.29, 0.717) is 0 Å². The van der Waals surface area contributed by atoms with Gasteiger partial charge in [-0.2, -0.15) is 0 Å². The fraction of sp³-hybridized carbons (Fsp3) is 0.400. The molecule has 0 saturated carbocycles. The van der Waals surface area contributed by atoms with E-state index in [2.05, 4.69) is 54.4 Å². The smallest absolute Gasteiger partial charge is 0.450 e. The van der Waals surface area contributed by atoms with Crippen LogP contribution < -0.4 is 0 Å². The standard InChI is InChI=1S/C4H5Br3.CH2O3/c1-2-3-4(5,6)7;2-1(3)4/h2H,1,3H2;(H2,2,3,4). The number of hydrogen-bond acceptors (Lipinski definition) is 1. The first kappa shape index (κ1) is 14.0. The summed E-state index contributed by atoms with van der Waals surface area (Å²) in [6.45, 7) is 3.56. The lowest BCUT2D eigenvalue weighted by Gasteiger charge is -2.05. The number of carboxylic acid groups (broad SMARTS) is 2. The van der Waals surface area contributed by atoms with Crippen LogP contribution in [0.3, 0.4) is 0 Å². The van der Waals surface area contributed by atoms with Gasteiger partial charge in [0.25, 0.3) is 0 Å². The maximum Gasteiger partial charge on any atom is 0.503 e. The molecule has 0 amide bonds. The molecular formula is C5H7Br3O3. The van der Waals surface area contributed by atoms with Crippen LogP contribution in [0.4, 0.5) is 4.79 Å². The first-order chi connectivity index (χ1) is 4.79. The van der Waals surface area contributed by atoms with Crippen molar-refractivity contribution in [3.8, 4) is 0 Å². The lowest BCUT2D eigenvalue weighted by molar-refractivity contribution is 0.137. The monoisotopic (exact) mass is 352 g/mol. The maximum atomic E-state index is 8.56. The molecule has 0 aromatic rings. The number of allylic oxidation sites excluding steroid dienone is 1. The quantitative estimate of drug-likeness (QED) is 0.558. The summed E-state index contributed by atoms with van der Waals surface area (Å²) in [6, 6.07) is 0. The Morgan fingerprint density at radius 2 is 1.73 bits per heavy atom. The zero-order valence-corrected chi connectivity index (χ0v) is 10.2. The van der Waals surface area contributed by atoms with Crippen LogP contribution >= 0.6 is 47.8 Å². The number of rotatable bonds is 1. The third kappa shape index (κ3) is 37.7. The molecule has 6 heteroatoms. The van der Waals surface area contributed by atoms with E-state index in [1.54, 1.807) is 0 Å². The van der Waals surface area contributed by atoms with Gasteiger partial charge in [0.15, 0.2) is 0 Å². The minimum atomic E-state index is -1.83. The SMILES string of the molecule is C=CCC(Br)(Br)Br.O=C(O)O. The van der Waals surface area contributed by atoms with Crippen LogP contribution in [-0.2, 0) is 0 Å². The molecule has 0 heterocycles. The Bertz CT molecular complexity index is 125. The molecule has 0 aliphatic heterocycles. The van der Waals surface area contributed by atoms with E-state index in [-0.39, 0.29) is 2.14 Å². The highest BCUT2D eigenvalue weighted by atomic mass is 80.0. The molecule has 3 nitrogen and oxygen atoms in total. The normalized spacial score (nSPS) is 9.36. The van der Waals surface area contributed by atoms with Gasteiger partial charge in [-0.25, -0.2) is 4.79 Å². The summed E-state index contributed by atoms with van der Waals surface area (Å²) in [4.78, 5) is 8.56. The van der Waals surface area contributed by atoms with Gasteiger partial charge < -0.3 is 10.2 Å². The molecule has 0 aliphatic carbocycles. The van der Waals surface area contributed by atoms with Crippen LogP contribution in [0.15, 0.2) is 12.7 Å². The van der Waals surface area contributed by atoms with E-state index in [1.165, 1.54) is 0 Å². The zero-order chi connectivity index (χ0) is 9.49. The average molecular weight is 355 g/mol. The first-order valence-electron chi connectivity index (χ1n) is 2.39. The molecule has 66 valence electrons. The molecule has 0 rings (SSSR count). The van der Waals surface area contributed by atoms with Gasteiger partial charge >= 0.3 is 6.16 Å². The maximum absolute atomic E-state index is 8.56. The van der Waals surface area contributed by atoms with Gasteiger partial charge in [-0.3, -0.25) is 0 Å². The molecule has 0 radical (unpaired) electrons. The second kappa shape index (κ2) is 7.12. The van der Waals surface area contributed by atoms with Crippen LogP contribution in [-0.4, -0.2) is 18.5 Å². The van der Waals surface area contributed by atoms with Gasteiger partial charge in [0, 0.05) is 6.42 Å². The van der Waals surface area contributed by atoms with E-state index in [9.17, 15) is 0 Å². The Hall–Kier alpha value is 0.450. The van der Waals surface area contributed by atoms with E-state index >= 15 is 0 Å². The summed E-state index contributed by atoms with van der Waals surface area (Å²) in [7, 11) is 0. The number of halogens is 3. The lowest BCUT2D eigenvalue weighted by Crippen LogP contribution is -1.93. The minimum absolute atomic E-state index is 0.130. The summed E-state index contributed by atoms with van der Waals surface area (Å²) in [5, 5.41) is 13.9. The fourth-order valence-corrected chi connectivity index (χ4v) is 0.850. The van der Waals surface area contributed by atoms with Crippen molar-refractivity contribution in [1.29, 1.82) is 0 Å². The largest absolute Gasteiger partial charge is 0.503 e. The Labute approximate surface area is 89.9 Å². The van der Waals surface area contributed by atoms with Gasteiger partial charge in [0.2, 0.25) is 0 Å². The van der Waals surface area contributed by atoms with Gasteiger partial charge in [-0.05, 0) is 0 Å². The van der Waals surface area contributed by atoms with Crippen LogP contribution in [0.1, 0.15) is 6.42 Å². The summed E-state index contributed by atoms with van der Waals surface area (Å²) < 4.78 is -0.130. The highest BCUT2D eigenvalue weighted by Gasteiger charge is 2.13. The molecule has 0 bridgehead atoms. The van der Waals surface area contributed by atoms with E-state index in [4.69, 9.17) is 15.0 Å². The summed E-state index contributed by atoms with van der Waals surface area (Å²) in [5.41, 5.74) is 0. The zero-order valence-electron chi connectivity index (χ0n) is 5.43. The molecule has 0 fully saturated rings. The van der Waals surface area contributed by atoms with Crippen LogP contribution in [0.5, 0.6) is 0 Å². The third-order valence-electron chi connectivity index (χ3n) is 0.376. The molecule has 0 saturated heterocycles. The number of carbonyl (C=O) groups is 1. The van der Waals surface area contributed by atoms with Crippen molar-refractivity contribution in [2.24, 2.45) is 0 Å². The minimum Gasteiger partial charge on any atom is -0.450 e. The van der Waals surface area contributed by atoms with Gasteiger partial charge in [-0.15, -0.1) is 6.58 Å². The molecular weight excluding hydrogens is 348 g/mol. The first-order valence-corrected chi connectivity index (χ1v) is 4.77. The lowest BCUT2D eigenvalue weighted by atomic mass is 10.5. The van der Waals surface area contributed by atoms with Crippen LogP contribution in [0, 0.1) is 0 Å². The Balaban J connectivity index is 0. The molecule has 2 N–H and O–H groups in total. The molecule has 0 aromatic heterocycles. The van der Waals surface area contributed by atoms with Crippen molar-refractivity contribution in [2.45, 2.75) is 8.56 Å². The predicted molar refractivity (Wildman–Crippen MR) is 55.0 cm³/mol. The van der Waals surface area contributed by atoms with Gasteiger partial charge in [0.05, 0.1) is 0 Å². The number of alkyl halides is 3. The average Bonchev–Trinajstić information content (AvgIpc) is 1.58. The van der Waals surface area contributed by atoms with Gasteiger partial charge in [0.1, 0.15) is 2.14 Å². The van der Waals surface area contributed by atoms with Crippen molar-refractivity contribution >= 4 is 53.9 Å². The predicted octanol–water partition coefficient (Wildman–Crippen LogP) is 3.62. The molecule has 0 aliphatic rings. The van der Waals surface area contributed by atoms with Crippen LogP contribution in [0.2, 0.25) is 0 Å². The molecule has 11 heavy (non-hydrogen) atoms. The van der Waals surface area contributed by atoms with Crippen molar-refractivity contribution < 1.29 is 15.0 Å².